The van der Waals surface area contributed by atoms with E-state index in [1.54, 1.807) is 35.6 Å². The number of rotatable bonds is 5. The van der Waals surface area contributed by atoms with E-state index in [2.05, 4.69) is 5.32 Å². The number of benzene rings is 1. The number of anilines is 1. The number of nitrogens with one attached hydrogen (secondary N) is 1. The van der Waals surface area contributed by atoms with E-state index in [-0.39, 0.29) is 12.5 Å². The second kappa shape index (κ2) is 6.07. The van der Waals surface area contributed by atoms with Crippen LogP contribution in [0.4, 0.5) is 5.69 Å². The number of nitrogens with two attached hydrogens (primary N) is 1. The highest BCUT2D eigenvalue weighted by molar-refractivity contribution is 7.09. The SMILES string of the molecule is Nc1ccc(OCC(=O)NCc2cccs2)cc1. The number of nitrogen functional groups attached to an aromatic ring is 1. The van der Waals surface area contributed by atoms with Crippen LogP contribution in [0.1, 0.15) is 4.88 Å². The smallest absolute Gasteiger partial charge is 0.258 e. The van der Waals surface area contributed by atoms with Gasteiger partial charge in [-0.05, 0) is 35.7 Å². The summed E-state index contributed by atoms with van der Waals surface area (Å²) in [6, 6.07) is 10.9. The molecule has 0 saturated carbocycles. The minimum absolute atomic E-state index is 0.00922. The Labute approximate surface area is 109 Å². The molecule has 0 saturated heterocycles. The fraction of sp³-hybridized carbons (Fsp3) is 0.154. The van der Waals surface area contributed by atoms with Crippen molar-refractivity contribution < 1.29 is 9.53 Å². The van der Waals surface area contributed by atoms with Crippen LogP contribution in [0.15, 0.2) is 41.8 Å². The number of carbonyl (C=O) groups excluding carboxylic acids is 1. The summed E-state index contributed by atoms with van der Waals surface area (Å²) in [5.41, 5.74) is 6.22. The van der Waals surface area contributed by atoms with Crippen molar-refractivity contribution in [2.24, 2.45) is 0 Å². The summed E-state index contributed by atoms with van der Waals surface area (Å²) in [4.78, 5) is 12.6. The number of thiophene rings is 1. The van der Waals surface area contributed by atoms with Crippen LogP contribution in [0.2, 0.25) is 0 Å². The van der Waals surface area contributed by atoms with Gasteiger partial charge in [0.05, 0.1) is 6.54 Å². The molecule has 4 nitrogen and oxygen atoms in total. The molecule has 2 rings (SSSR count). The summed E-state index contributed by atoms with van der Waals surface area (Å²) in [7, 11) is 0. The van der Waals surface area contributed by atoms with Crippen LogP contribution in [0.5, 0.6) is 5.75 Å². The maximum absolute atomic E-state index is 11.5. The minimum Gasteiger partial charge on any atom is -0.484 e. The molecule has 1 aromatic carbocycles. The third kappa shape index (κ3) is 3.78. The second-order valence-corrected chi connectivity index (χ2v) is 4.75. The van der Waals surface area contributed by atoms with Crippen LogP contribution in [0.25, 0.3) is 0 Å². The first-order valence-corrected chi connectivity index (χ1v) is 6.39. The maximum Gasteiger partial charge on any atom is 0.258 e. The van der Waals surface area contributed by atoms with Crippen molar-refractivity contribution >= 4 is 22.9 Å². The largest absolute Gasteiger partial charge is 0.484 e. The van der Waals surface area contributed by atoms with Gasteiger partial charge in [0.2, 0.25) is 0 Å². The molecule has 3 N–H and O–H groups in total. The van der Waals surface area contributed by atoms with Crippen LogP contribution < -0.4 is 15.8 Å². The number of hydrogen-bond acceptors (Lipinski definition) is 4. The lowest BCUT2D eigenvalue weighted by molar-refractivity contribution is -0.123. The molecule has 1 aromatic heterocycles. The average molecular weight is 262 g/mol. The second-order valence-electron chi connectivity index (χ2n) is 3.71. The zero-order valence-corrected chi connectivity index (χ0v) is 10.6. The summed E-state index contributed by atoms with van der Waals surface area (Å²) < 4.78 is 5.33. The standard InChI is InChI=1S/C13H14N2O2S/c14-10-3-5-11(6-4-10)17-9-13(16)15-8-12-2-1-7-18-12/h1-7H,8-9,14H2,(H,15,16). The monoisotopic (exact) mass is 262 g/mol. The number of amides is 1. The third-order valence-corrected chi connectivity index (χ3v) is 3.17. The molecular weight excluding hydrogens is 248 g/mol. The Hall–Kier alpha value is -2.01. The number of ether oxygens (including phenoxy) is 1. The van der Waals surface area contributed by atoms with E-state index in [9.17, 15) is 4.79 Å². The molecule has 0 aliphatic heterocycles. The van der Waals surface area contributed by atoms with Crippen molar-refractivity contribution in [2.75, 3.05) is 12.3 Å². The van der Waals surface area contributed by atoms with Gasteiger partial charge in [0, 0.05) is 10.6 Å². The Kier molecular flexibility index (Phi) is 4.20. The Morgan fingerprint density at radius 2 is 2.06 bits per heavy atom. The van der Waals surface area contributed by atoms with E-state index in [1.807, 2.05) is 17.5 Å². The van der Waals surface area contributed by atoms with E-state index < -0.39 is 0 Å². The lowest BCUT2D eigenvalue weighted by Gasteiger charge is -2.06. The summed E-state index contributed by atoms with van der Waals surface area (Å²) in [6.07, 6.45) is 0. The lowest BCUT2D eigenvalue weighted by Crippen LogP contribution is -2.28. The van der Waals surface area contributed by atoms with E-state index in [0.717, 1.165) is 4.88 Å². The number of carbonyl (C=O) groups is 1. The lowest BCUT2D eigenvalue weighted by atomic mass is 10.3. The molecule has 0 fully saturated rings. The molecule has 5 heteroatoms. The molecule has 1 amide bonds. The Morgan fingerprint density at radius 3 is 2.72 bits per heavy atom. The Morgan fingerprint density at radius 1 is 1.28 bits per heavy atom. The van der Waals surface area contributed by atoms with Crippen molar-refractivity contribution in [3.63, 3.8) is 0 Å². The fourth-order valence-corrected chi connectivity index (χ4v) is 2.01. The normalized spacial score (nSPS) is 10.0. The zero-order valence-electron chi connectivity index (χ0n) is 9.76. The Bertz CT molecular complexity index is 494. The summed E-state index contributed by atoms with van der Waals surface area (Å²) in [5.74, 6) is 0.496. The average Bonchev–Trinajstić information content (AvgIpc) is 2.89. The molecule has 1 heterocycles. The summed E-state index contributed by atoms with van der Waals surface area (Å²) in [5, 5.41) is 4.77. The predicted octanol–water partition coefficient (Wildman–Crippen LogP) is 2.03. The van der Waals surface area contributed by atoms with Crippen LogP contribution >= 0.6 is 11.3 Å². The van der Waals surface area contributed by atoms with Crippen LogP contribution in [-0.4, -0.2) is 12.5 Å². The van der Waals surface area contributed by atoms with Crippen LogP contribution in [0, 0.1) is 0 Å². The predicted molar refractivity (Wildman–Crippen MR) is 72.5 cm³/mol. The highest BCUT2D eigenvalue weighted by Gasteiger charge is 2.03. The molecule has 0 unspecified atom stereocenters. The molecule has 2 aromatic rings. The minimum atomic E-state index is -0.139. The third-order valence-electron chi connectivity index (χ3n) is 2.29. The molecule has 0 atom stereocenters. The first-order valence-electron chi connectivity index (χ1n) is 5.51. The molecular formula is C13H14N2O2S. The van der Waals surface area contributed by atoms with Gasteiger partial charge in [-0.3, -0.25) is 4.79 Å². The van der Waals surface area contributed by atoms with Gasteiger partial charge in [-0.25, -0.2) is 0 Å². The van der Waals surface area contributed by atoms with Gasteiger partial charge < -0.3 is 15.8 Å². The van der Waals surface area contributed by atoms with E-state index >= 15 is 0 Å². The topological polar surface area (TPSA) is 64.3 Å². The van der Waals surface area contributed by atoms with Crippen LogP contribution in [-0.2, 0) is 11.3 Å². The first-order chi connectivity index (χ1) is 8.74. The van der Waals surface area contributed by atoms with Gasteiger partial charge in [-0.15, -0.1) is 11.3 Å². The van der Waals surface area contributed by atoms with E-state index in [1.165, 1.54) is 0 Å². The zero-order chi connectivity index (χ0) is 12.8. The van der Waals surface area contributed by atoms with Gasteiger partial charge in [0.1, 0.15) is 5.75 Å². The first kappa shape index (κ1) is 12.4. The fourth-order valence-electron chi connectivity index (χ4n) is 1.36. The summed E-state index contributed by atoms with van der Waals surface area (Å²) in [6.45, 7) is 0.552. The van der Waals surface area contributed by atoms with Crippen molar-refractivity contribution in [2.45, 2.75) is 6.54 Å². The summed E-state index contributed by atoms with van der Waals surface area (Å²) >= 11 is 1.61. The van der Waals surface area contributed by atoms with E-state index in [0.29, 0.717) is 18.0 Å². The van der Waals surface area contributed by atoms with Crippen molar-refractivity contribution in [3.8, 4) is 5.75 Å². The van der Waals surface area contributed by atoms with Crippen molar-refractivity contribution in [1.29, 1.82) is 0 Å². The van der Waals surface area contributed by atoms with Gasteiger partial charge in [0.25, 0.3) is 5.91 Å². The van der Waals surface area contributed by atoms with Gasteiger partial charge in [0.15, 0.2) is 6.61 Å². The van der Waals surface area contributed by atoms with Gasteiger partial charge >= 0.3 is 0 Å². The van der Waals surface area contributed by atoms with Crippen molar-refractivity contribution in [3.05, 3.63) is 46.7 Å². The molecule has 18 heavy (non-hydrogen) atoms. The molecule has 0 aliphatic rings. The molecule has 0 spiro atoms. The quantitative estimate of drug-likeness (QED) is 0.810. The highest BCUT2D eigenvalue weighted by atomic mass is 32.1. The Balaban J connectivity index is 1.73. The molecule has 94 valence electrons. The highest BCUT2D eigenvalue weighted by Crippen LogP contribution is 2.12. The maximum atomic E-state index is 11.5. The molecule has 0 bridgehead atoms. The van der Waals surface area contributed by atoms with Gasteiger partial charge in [-0.1, -0.05) is 6.07 Å². The molecule has 0 aliphatic carbocycles. The van der Waals surface area contributed by atoms with Crippen LogP contribution in [0.3, 0.4) is 0 Å². The molecule has 0 radical (unpaired) electrons. The van der Waals surface area contributed by atoms with Crippen molar-refractivity contribution in [1.82, 2.24) is 5.32 Å². The van der Waals surface area contributed by atoms with Gasteiger partial charge in [-0.2, -0.15) is 0 Å². The van der Waals surface area contributed by atoms with E-state index in [4.69, 9.17) is 10.5 Å². The number of hydrogen-bond donors (Lipinski definition) is 2.